The second-order valence-electron chi connectivity index (χ2n) is 5.18. The number of methoxy groups -OCH3 is 1. The summed E-state index contributed by atoms with van der Waals surface area (Å²) >= 11 is 0. The highest BCUT2D eigenvalue weighted by Gasteiger charge is 2.07. The van der Waals surface area contributed by atoms with Gasteiger partial charge in [0, 0.05) is 31.8 Å². The van der Waals surface area contributed by atoms with E-state index in [-0.39, 0.29) is 5.91 Å². The molecule has 6 nitrogen and oxygen atoms in total. The lowest BCUT2D eigenvalue weighted by Crippen LogP contribution is -2.26. The molecular formula is C17H18N4O2. The lowest BCUT2D eigenvalue weighted by atomic mass is 10.1. The van der Waals surface area contributed by atoms with E-state index in [0.29, 0.717) is 25.1 Å². The standard InChI is InChI=1S/C17H18N4O2/c1-23-12-13-5-7-14(8-6-13)17(22)18-10-9-16-20-19-15-4-2-3-11-21(15)16/h2-8,11H,9-10,12H2,1H3,(H,18,22). The first-order valence-corrected chi connectivity index (χ1v) is 7.42. The number of pyridine rings is 1. The van der Waals surface area contributed by atoms with E-state index in [1.165, 1.54) is 0 Å². The predicted octanol–water partition coefficient (Wildman–Crippen LogP) is 1.85. The molecule has 0 spiro atoms. The van der Waals surface area contributed by atoms with Crippen LogP contribution in [0.4, 0.5) is 0 Å². The molecule has 2 aromatic heterocycles. The van der Waals surface area contributed by atoms with Crippen LogP contribution in [-0.2, 0) is 17.8 Å². The smallest absolute Gasteiger partial charge is 0.251 e. The van der Waals surface area contributed by atoms with Crippen molar-refractivity contribution in [1.82, 2.24) is 19.9 Å². The van der Waals surface area contributed by atoms with Gasteiger partial charge in [-0.25, -0.2) is 0 Å². The molecule has 2 heterocycles. The Labute approximate surface area is 134 Å². The number of nitrogens with zero attached hydrogens (tertiary/aromatic N) is 3. The van der Waals surface area contributed by atoms with Crippen LogP contribution in [0.3, 0.4) is 0 Å². The van der Waals surface area contributed by atoms with Crippen LogP contribution in [0.5, 0.6) is 0 Å². The molecule has 0 aliphatic carbocycles. The first-order chi connectivity index (χ1) is 11.3. The second-order valence-corrected chi connectivity index (χ2v) is 5.18. The third kappa shape index (κ3) is 3.54. The number of nitrogens with one attached hydrogen (secondary N) is 1. The van der Waals surface area contributed by atoms with Crippen molar-refractivity contribution in [2.24, 2.45) is 0 Å². The highest BCUT2D eigenvalue weighted by atomic mass is 16.5. The van der Waals surface area contributed by atoms with Crippen LogP contribution < -0.4 is 5.32 Å². The fourth-order valence-corrected chi connectivity index (χ4v) is 2.37. The fraction of sp³-hybridized carbons (Fsp3) is 0.235. The van der Waals surface area contributed by atoms with Gasteiger partial charge in [-0.2, -0.15) is 0 Å². The zero-order valence-electron chi connectivity index (χ0n) is 12.9. The number of ether oxygens (including phenoxy) is 1. The summed E-state index contributed by atoms with van der Waals surface area (Å²) in [6, 6.07) is 13.1. The molecule has 0 fully saturated rings. The average molecular weight is 310 g/mol. The van der Waals surface area contributed by atoms with Crippen LogP contribution in [0, 0.1) is 0 Å². The third-order valence-electron chi connectivity index (χ3n) is 3.55. The Morgan fingerprint density at radius 2 is 2.00 bits per heavy atom. The second kappa shape index (κ2) is 7.02. The molecular weight excluding hydrogens is 292 g/mol. The molecule has 118 valence electrons. The zero-order valence-corrected chi connectivity index (χ0v) is 12.9. The van der Waals surface area contributed by atoms with Crippen molar-refractivity contribution >= 4 is 11.6 Å². The Balaban J connectivity index is 1.56. The van der Waals surface area contributed by atoms with Gasteiger partial charge in [0.15, 0.2) is 5.65 Å². The summed E-state index contributed by atoms with van der Waals surface area (Å²) in [5.41, 5.74) is 2.48. The number of hydrogen-bond acceptors (Lipinski definition) is 4. The Morgan fingerprint density at radius 3 is 2.78 bits per heavy atom. The van der Waals surface area contributed by atoms with E-state index in [9.17, 15) is 4.79 Å². The molecule has 0 bridgehead atoms. The number of carbonyl (C=O) groups is 1. The van der Waals surface area contributed by atoms with E-state index in [4.69, 9.17) is 4.74 Å². The summed E-state index contributed by atoms with van der Waals surface area (Å²) in [5, 5.41) is 11.1. The number of carbonyl (C=O) groups excluding carboxylic acids is 1. The molecule has 1 aromatic carbocycles. The molecule has 0 saturated carbocycles. The van der Waals surface area contributed by atoms with Crippen LogP contribution in [0.15, 0.2) is 48.7 Å². The van der Waals surface area contributed by atoms with Gasteiger partial charge >= 0.3 is 0 Å². The minimum Gasteiger partial charge on any atom is -0.380 e. The number of aromatic nitrogens is 3. The van der Waals surface area contributed by atoms with E-state index in [1.807, 2.05) is 40.9 Å². The summed E-state index contributed by atoms with van der Waals surface area (Å²) in [7, 11) is 1.65. The maximum absolute atomic E-state index is 12.1. The lowest BCUT2D eigenvalue weighted by molar-refractivity contribution is 0.0954. The van der Waals surface area contributed by atoms with Gasteiger partial charge in [-0.05, 0) is 29.8 Å². The van der Waals surface area contributed by atoms with Gasteiger partial charge in [0.25, 0.3) is 5.91 Å². The number of fused-ring (bicyclic) bond motifs is 1. The first kappa shape index (κ1) is 15.2. The highest BCUT2D eigenvalue weighted by Crippen LogP contribution is 2.06. The van der Waals surface area contributed by atoms with E-state index in [0.717, 1.165) is 17.0 Å². The van der Waals surface area contributed by atoms with Gasteiger partial charge in [0.1, 0.15) is 5.82 Å². The van der Waals surface area contributed by atoms with Crippen LogP contribution >= 0.6 is 0 Å². The van der Waals surface area contributed by atoms with E-state index < -0.39 is 0 Å². The number of benzene rings is 1. The number of rotatable bonds is 6. The van der Waals surface area contributed by atoms with Crippen molar-refractivity contribution < 1.29 is 9.53 Å². The van der Waals surface area contributed by atoms with Gasteiger partial charge in [0.2, 0.25) is 0 Å². The monoisotopic (exact) mass is 310 g/mol. The molecule has 0 aliphatic heterocycles. The summed E-state index contributed by atoms with van der Waals surface area (Å²) < 4.78 is 6.98. The summed E-state index contributed by atoms with van der Waals surface area (Å²) in [4.78, 5) is 12.1. The summed E-state index contributed by atoms with van der Waals surface area (Å²) in [5.74, 6) is 0.735. The van der Waals surface area contributed by atoms with Crippen molar-refractivity contribution in [3.63, 3.8) is 0 Å². The fourth-order valence-electron chi connectivity index (χ4n) is 2.37. The normalized spacial score (nSPS) is 10.8. The van der Waals surface area contributed by atoms with Crippen LogP contribution in [-0.4, -0.2) is 34.2 Å². The largest absolute Gasteiger partial charge is 0.380 e. The van der Waals surface area contributed by atoms with Crippen LogP contribution in [0.25, 0.3) is 5.65 Å². The van der Waals surface area contributed by atoms with Crippen molar-refractivity contribution in [1.29, 1.82) is 0 Å². The Hall–Kier alpha value is -2.73. The maximum Gasteiger partial charge on any atom is 0.251 e. The SMILES string of the molecule is COCc1ccc(C(=O)NCCc2nnc3ccccn23)cc1. The van der Waals surface area contributed by atoms with E-state index >= 15 is 0 Å². The molecule has 0 aliphatic rings. The molecule has 3 aromatic rings. The Kier molecular flexibility index (Phi) is 4.63. The molecule has 0 radical (unpaired) electrons. The highest BCUT2D eigenvalue weighted by molar-refractivity contribution is 5.94. The zero-order chi connectivity index (χ0) is 16.1. The summed E-state index contributed by atoms with van der Waals surface area (Å²) in [6.45, 7) is 1.05. The van der Waals surface area contributed by atoms with Crippen LogP contribution in [0.2, 0.25) is 0 Å². The first-order valence-electron chi connectivity index (χ1n) is 7.42. The van der Waals surface area contributed by atoms with Gasteiger partial charge < -0.3 is 10.1 Å². The van der Waals surface area contributed by atoms with Crippen molar-refractivity contribution in [2.45, 2.75) is 13.0 Å². The maximum atomic E-state index is 12.1. The molecule has 6 heteroatoms. The lowest BCUT2D eigenvalue weighted by Gasteiger charge is -2.06. The van der Waals surface area contributed by atoms with Gasteiger partial charge in [-0.3, -0.25) is 9.20 Å². The Morgan fingerprint density at radius 1 is 1.17 bits per heavy atom. The van der Waals surface area contributed by atoms with Gasteiger partial charge in [0.05, 0.1) is 6.61 Å². The molecule has 3 rings (SSSR count). The molecule has 1 amide bonds. The number of hydrogen-bond donors (Lipinski definition) is 1. The topological polar surface area (TPSA) is 68.5 Å². The van der Waals surface area contributed by atoms with Crippen molar-refractivity contribution in [3.8, 4) is 0 Å². The minimum absolute atomic E-state index is 0.0946. The quantitative estimate of drug-likeness (QED) is 0.754. The molecule has 0 atom stereocenters. The van der Waals surface area contributed by atoms with E-state index in [2.05, 4.69) is 15.5 Å². The number of amides is 1. The molecule has 0 unspecified atom stereocenters. The van der Waals surface area contributed by atoms with E-state index in [1.54, 1.807) is 19.2 Å². The predicted molar refractivity (Wildman–Crippen MR) is 86.2 cm³/mol. The molecule has 1 N–H and O–H groups in total. The van der Waals surface area contributed by atoms with Crippen molar-refractivity contribution in [2.75, 3.05) is 13.7 Å². The molecule has 23 heavy (non-hydrogen) atoms. The summed E-state index contributed by atoms with van der Waals surface area (Å²) in [6.07, 6.45) is 2.54. The molecule has 0 saturated heterocycles. The average Bonchev–Trinajstić information content (AvgIpc) is 2.99. The minimum atomic E-state index is -0.0946. The Bertz CT molecular complexity index is 796. The van der Waals surface area contributed by atoms with Gasteiger partial charge in [-0.15, -0.1) is 10.2 Å². The van der Waals surface area contributed by atoms with Gasteiger partial charge in [-0.1, -0.05) is 18.2 Å². The van der Waals surface area contributed by atoms with Crippen LogP contribution in [0.1, 0.15) is 21.7 Å². The third-order valence-corrected chi connectivity index (χ3v) is 3.55. The van der Waals surface area contributed by atoms with Crippen molar-refractivity contribution in [3.05, 3.63) is 65.6 Å².